The summed E-state index contributed by atoms with van der Waals surface area (Å²) in [5, 5.41) is 2.78. The Labute approximate surface area is 191 Å². The summed E-state index contributed by atoms with van der Waals surface area (Å²) in [7, 11) is 0. The van der Waals surface area contributed by atoms with Crippen molar-refractivity contribution in [2.75, 3.05) is 31.1 Å². The highest BCUT2D eigenvalue weighted by Crippen LogP contribution is 2.29. The number of benzene rings is 2. The molecular formula is C24H28BrN3OS. The van der Waals surface area contributed by atoms with Crippen molar-refractivity contribution in [1.29, 1.82) is 0 Å². The Morgan fingerprint density at radius 3 is 2.30 bits per heavy atom. The zero-order valence-electron chi connectivity index (χ0n) is 17.8. The minimum absolute atomic E-state index is 0.00754. The third-order valence-electron chi connectivity index (χ3n) is 5.16. The van der Waals surface area contributed by atoms with E-state index in [0.29, 0.717) is 12.1 Å². The maximum atomic E-state index is 13.3. The summed E-state index contributed by atoms with van der Waals surface area (Å²) in [5.74, 6) is -0.00754. The Morgan fingerprint density at radius 1 is 1.00 bits per heavy atom. The number of hydrogen-bond acceptors (Lipinski definition) is 4. The third kappa shape index (κ3) is 5.78. The lowest BCUT2D eigenvalue weighted by molar-refractivity contribution is 0.0985. The summed E-state index contributed by atoms with van der Waals surface area (Å²) in [6.07, 6.45) is 0.906. The minimum Gasteiger partial charge on any atom is -0.304 e. The average molecular weight is 486 g/mol. The Kier molecular flexibility index (Phi) is 8.19. The molecule has 1 amide bonds. The van der Waals surface area contributed by atoms with Crippen LogP contribution >= 0.6 is 27.3 Å². The van der Waals surface area contributed by atoms with Gasteiger partial charge in [-0.2, -0.15) is 0 Å². The monoisotopic (exact) mass is 485 g/mol. The minimum atomic E-state index is -0.00754. The molecule has 3 rings (SSSR count). The Morgan fingerprint density at radius 2 is 1.67 bits per heavy atom. The summed E-state index contributed by atoms with van der Waals surface area (Å²) in [5.41, 5.74) is 3.88. The summed E-state index contributed by atoms with van der Waals surface area (Å²) in [4.78, 5) is 22.3. The molecule has 3 aromatic rings. The van der Waals surface area contributed by atoms with E-state index in [1.165, 1.54) is 16.9 Å². The van der Waals surface area contributed by atoms with Gasteiger partial charge in [-0.1, -0.05) is 59.6 Å². The molecule has 6 heteroatoms. The molecule has 0 spiro atoms. The number of carbonyl (C=O) groups excluding carboxylic acids is 1. The van der Waals surface area contributed by atoms with Crippen LogP contribution in [-0.4, -0.2) is 42.0 Å². The molecule has 0 aliphatic heterocycles. The van der Waals surface area contributed by atoms with Crippen LogP contribution in [0.1, 0.15) is 36.2 Å². The fraction of sp³-hybridized carbons (Fsp3) is 0.333. The van der Waals surface area contributed by atoms with Crippen molar-refractivity contribution in [3.05, 3.63) is 69.5 Å². The number of aryl methyl sites for hydroxylation is 1. The van der Waals surface area contributed by atoms with Gasteiger partial charge in [0, 0.05) is 27.5 Å². The number of amides is 1. The van der Waals surface area contributed by atoms with Crippen LogP contribution in [0.15, 0.2) is 58.4 Å². The summed E-state index contributed by atoms with van der Waals surface area (Å²) < 4.78 is 0.961. The van der Waals surface area contributed by atoms with Crippen molar-refractivity contribution < 1.29 is 4.79 Å². The highest BCUT2D eigenvalue weighted by molar-refractivity contribution is 9.10. The lowest BCUT2D eigenvalue weighted by Gasteiger charge is -2.23. The predicted molar refractivity (Wildman–Crippen MR) is 131 cm³/mol. The molecule has 30 heavy (non-hydrogen) atoms. The molecule has 1 aromatic heterocycles. The van der Waals surface area contributed by atoms with E-state index in [0.717, 1.165) is 46.9 Å². The second-order valence-corrected chi connectivity index (χ2v) is 8.98. The molecule has 0 aliphatic rings. The van der Waals surface area contributed by atoms with E-state index in [9.17, 15) is 4.79 Å². The smallest absolute Gasteiger partial charge is 0.260 e. The van der Waals surface area contributed by atoms with Crippen LogP contribution < -0.4 is 4.90 Å². The number of halogens is 1. The fourth-order valence-electron chi connectivity index (χ4n) is 3.27. The Hall–Kier alpha value is -2.02. The van der Waals surface area contributed by atoms with E-state index in [1.807, 2.05) is 34.5 Å². The van der Waals surface area contributed by atoms with Crippen molar-refractivity contribution in [3.8, 4) is 11.3 Å². The second-order valence-electron chi connectivity index (χ2n) is 7.23. The van der Waals surface area contributed by atoms with Gasteiger partial charge in [-0.25, -0.2) is 4.98 Å². The maximum absolute atomic E-state index is 13.3. The van der Waals surface area contributed by atoms with Crippen LogP contribution in [0.3, 0.4) is 0 Å². The second kappa shape index (κ2) is 10.8. The van der Waals surface area contributed by atoms with Crippen LogP contribution in [0.25, 0.3) is 11.3 Å². The third-order valence-corrected chi connectivity index (χ3v) is 6.55. The lowest BCUT2D eigenvalue weighted by atomic mass is 10.1. The molecule has 0 radical (unpaired) electrons. The molecule has 4 nitrogen and oxygen atoms in total. The van der Waals surface area contributed by atoms with Gasteiger partial charge in [0.15, 0.2) is 5.13 Å². The number of carbonyl (C=O) groups is 1. The Bertz CT molecular complexity index is 949. The zero-order valence-corrected chi connectivity index (χ0v) is 20.2. The first-order valence-electron chi connectivity index (χ1n) is 10.3. The normalized spacial score (nSPS) is 11.1. The first-order valence-corrected chi connectivity index (χ1v) is 12.0. The SMILES string of the molecule is CCN(CC)CCCN(C(=O)c1ccc(Br)cc1)c1nc(-c2ccc(C)cc2)cs1. The van der Waals surface area contributed by atoms with Gasteiger partial charge in [0.25, 0.3) is 5.91 Å². The van der Waals surface area contributed by atoms with Crippen molar-refractivity contribution in [2.24, 2.45) is 0 Å². The molecule has 0 aliphatic carbocycles. The summed E-state index contributed by atoms with van der Waals surface area (Å²) in [6, 6.07) is 15.9. The van der Waals surface area contributed by atoms with Crippen molar-refractivity contribution in [2.45, 2.75) is 27.2 Å². The van der Waals surface area contributed by atoms with Crippen LogP contribution in [0.4, 0.5) is 5.13 Å². The molecular weight excluding hydrogens is 458 g/mol. The van der Waals surface area contributed by atoms with E-state index in [1.54, 1.807) is 0 Å². The first kappa shape index (κ1) is 22.7. The molecule has 0 bridgehead atoms. The molecule has 0 N–H and O–H groups in total. The summed E-state index contributed by atoms with van der Waals surface area (Å²) in [6.45, 7) is 10.1. The molecule has 0 unspecified atom stereocenters. The highest BCUT2D eigenvalue weighted by atomic mass is 79.9. The molecule has 0 saturated heterocycles. The fourth-order valence-corrected chi connectivity index (χ4v) is 4.39. The number of nitrogens with zero attached hydrogens (tertiary/aromatic N) is 3. The standard InChI is InChI=1S/C24H28BrN3OS/c1-4-27(5-2)15-6-16-28(23(29)20-11-13-21(25)14-12-20)24-26-22(17-30-24)19-9-7-18(3)8-10-19/h7-14,17H,4-6,15-16H2,1-3H3. The molecule has 158 valence electrons. The molecule has 2 aromatic carbocycles. The average Bonchev–Trinajstić information content (AvgIpc) is 3.24. The van der Waals surface area contributed by atoms with E-state index in [2.05, 4.69) is 65.9 Å². The van der Waals surface area contributed by atoms with Crippen LogP contribution in [-0.2, 0) is 0 Å². The van der Waals surface area contributed by atoms with Crippen molar-refractivity contribution in [3.63, 3.8) is 0 Å². The van der Waals surface area contributed by atoms with E-state index in [4.69, 9.17) is 4.98 Å². The molecule has 0 atom stereocenters. The first-order chi connectivity index (χ1) is 14.5. The van der Waals surface area contributed by atoms with E-state index in [-0.39, 0.29) is 5.91 Å². The van der Waals surface area contributed by atoms with Crippen molar-refractivity contribution in [1.82, 2.24) is 9.88 Å². The van der Waals surface area contributed by atoms with Crippen LogP contribution in [0, 0.1) is 6.92 Å². The van der Waals surface area contributed by atoms with Gasteiger partial charge in [0.1, 0.15) is 0 Å². The quantitative estimate of drug-likeness (QED) is 0.358. The number of anilines is 1. The molecule has 0 fully saturated rings. The lowest BCUT2D eigenvalue weighted by Crippen LogP contribution is -2.34. The van der Waals surface area contributed by atoms with E-state index >= 15 is 0 Å². The number of rotatable bonds is 9. The van der Waals surface area contributed by atoms with Gasteiger partial charge in [-0.15, -0.1) is 11.3 Å². The van der Waals surface area contributed by atoms with Gasteiger partial charge < -0.3 is 4.90 Å². The van der Waals surface area contributed by atoms with Crippen LogP contribution in [0.2, 0.25) is 0 Å². The van der Waals surface area contributed by atoms with Gasteiger partial charge in [0.05, 0.1) is 5.69 Å². The topological polar surface area (TPSA) is 36.4 Å². The maximum Gasteiger partial charge on any atom is 0.260 e. The number of hydrogen-bond donors (Lipinski definition) is 0. The van der Waals surface area contributed by atoms with E-state index < -0.39 is 0 Å². The van der Waals surface area contributed by atoms with Crippen LogP contribution in [0.5, 0.6) is 0 Å². The molecule has 0 saturated carbocycles. The largest absolute Gasteiger partial charge is 0.304 e. The highest BCUT2D eigenvalue weighted by Gasteiger charge is 2.21. The van der Waals surface area contributed by atoms with Gasteiger partial charge in [0.2, 0.25) is 0 Å². The molecule has 1 heterocycles. The van der Waals surface area contributed by atoms with Gasteiger partial charge >= 0.3 is 0 Å². The van der Waals surface area contributed by atoms with Crippen molar-refractivity contribution >= 4 is 38.3 Å². The van der Waals surface area contributed by atoms with Gasteiger partial charge in [-0.3, -0.25) is 9.69 Å². The Balaban J connectivity index is 1.84. The number of aromatic nitrogens is 1. The zero-order chi connectivity index (χ0) is 21.5. The van der Waals surface area contributed by atoms with Gasteiger partial charge in [-0.05, 0) is 57.2 Å². The summed E-state index contributed by atoms with van der Waals surface area (Å²) >= 11 is 4.97. The number of thiazole rings is 1. The predicted octanol–water partition coefficient (Wildman–Crippen LogP) is 6.26.